The molecule has 9 aromatic carbocycles. The number of fused-ring (bicyclic) bond motifs is 1. The molecule has 0 aliphatic carbocycles. The fraction of sp³-hybridized carbons (Fsp3) is 0.111. The Hall–Kier alpha value is -11.7. The number of amides is 2. The molecule has 1 fully saturated rings. The van der Waals surface area contributed by atoms with Crippen LogP contribution < -0.4 is 20.9 Å². The van der Waals surface area contributed by atoms with E-state index in [-0.39, 0.29) is 44.3 Å². The lowest BCUT2D eigenvalue weighted by Gasteiger charge is -2.49. The van der Waals surface area contributed by atoms with E-state index in [4.69, 9.17) is 34.2 Å². The molecule has 12 aromatic rings. The van der Waals surface area contributed by atoms with E-state index in [1.54, 1.807) is 5.38 Å². The van der Waals surface area contributed by atoms with Gasteiger partial charge in [0.1, 0.15) is 46.2 Å². The second kappa shape index (κ2) is 31.5. The van der Waals surface area contributed by atoms with Crippen LogP contribution in [-0.4, -0.2) is 81.8 Å². The number of aromatic amines is 1. The van der Waals surface area contributed by atoms with Gasteiger partial charge in [0.15, 0.2) is 34.0 Å². The molecule has 5 N–H and O–H groups in total. The molecule has 512 valence electrons. The first-order valence-electron chi connectivity index (χ1n) is 32.7. The summed E-state index contributed by atoms with van der Waals surface area (Å²) < 4.78 is 22.8. The normalized spacial score (nSPS) is 14.7. The number of nitrogens with one attached hydrogen (secondary N) is 3. The van der Waals surface area contributed by atoms with Gasteiger partial charge in [0.2, 0.25) is 0 Å². The Morgan fingerprint density at radius 3 is 1.58 bits per heavy atom. The number of aromatic carboxylic acids is 1. The van der Waals surface area contributed by atoms with E-state index in [9.17, 15) is 19.8 Å². The molecule has 1 saturated heterocycles. The number of esters is 1. The summed E-state index contributed by atoms with van der Waals surface area (Å²) in [7, 11) is 0. The number of nitrogens with zero attached hydrogens (tertiary/aromatic N) is 4. The molecule has 1 unspecified atom stereocenters. The quantitative estimate of drug-likeness (QED) is 0.00611. The third kappa shape index (κ3) is 14.9. The molecule has 103 heavy (non-hydrogen) atoms. The second-order valence-corrected chi connectivity index (χ2v) is 27.9. The number of carboxylic acids is 1. The molecule has 0 radical (unpaired) electrons. The van der Waals surface area contributed by atoms with Gasteiger partial charge in [0.05, 0.1) is 10.4 Å². The van der Waals surface area contributed by atoms with Crippen molar-refractivity contribution in [1.82, 2.24) is 24.6 Å². The standard InChI is InChI=1S/C81H63N7O11S4/c89-63-46-61(82-47-64(63)96-69(51-28-10-1-11-29-51)52-30-12-2-13-31-52)78(98-71(55-36-18-5-19-37-55)56-38-20-6-21-39-56)99-86-66(62-50-102-80(83-62)85-81(58-40-22-7-23-41-58,59-42-24-8-25-43-59)60-44-26-9-27-45-60)73(91)84-67-74(92)88-68(57(48-100-75(67)88)49-101-79-65(76(93)94)72(90)87-103-79)77(95)97-70(53-32-14-3-15-33-53)54-34-16-4-17-35-54/h1-47,50,67,69-71,75,78H,48-49H2,(H,82,89)(H,83,85)(H,84,91)(H,87,90)(H,93,94)/t67-,75-,78?/m1/s1. The lowest BCUT2D eigenvalue weighted by atomic mass is 9.77. The van der Waals surface area contributed by atoms with Crippen molar-refractivity contribution in [1.29, 1.82) is 0 Å². The maximum absolute atomic E-state index is 15.8. The van der Waals surface area contributed by atoms with Gasteiger partial charge in [-0.25, -0.2) is 14.6 Å². The number of carbonyl (C=O) groups excluding carboxylic acids is 3. The largest absolute Gasteiger partial charge is 0.504 e. The maximum atomic E-state index is 15.8. The molecule has 0 spiro atoms. The van der Waals surface area contributed by atoms with Crippen LogP contribution in [0.15, 0.2) is 316 Å². The van der Waals surface area contributed by atoms with Crippen LogP contribution in [0.4, 0.5) is 5.13 Å². The summed E-state index contributed by atoms with van der Waals surface area (Å²) in [5.74, 6) is -4.02. The molecule has 5 heterocycles. The average molecular weight is 1440 g/mol. The Balaban J connectivity index is 0.854. The Labute approximate surface area is 608 Å². The molecule has 2 aliphatic rings. The van der Waals surface area contributed by atoms with Crippen molar-refractivity contribution in [3.63, 3.8) is 0 Å². The summed E-state index contributed by atoms with van der Waals surface area (Å²) in [5, 5.41) is 34.7. The predicted octanol–water partition coefficient (Wildman–Crippen LogP) is 15.3. The van der Waals surface area contributed by atoms with Crippen molar-refractivity contribution in [2.24, 2.45) is 5.16 Å². The highest BCUT2D eigenvalue weighted by molar-refractivity contribution is 8.02. The number of anilines is 1. The number of pyridine rings is 1. The maximum Gasteiger partial charge on any atom is 0.356 e. The van der Waals surface area contributed by atoms with Crippen molar-refractivity contribution < 1.29 is 48.4 Å². The van der Waals surface area contributed by atoms with Crippen LogP contribution in [0.3, 0.4) is 0 Å². The zero-order chi connectivity index (χ0) is 70.7. The van der Waals surface area contributed by atoms with Gasteiger partial charge in [0, 0.05) is 23.0 Å². The van der Waals surface area contributed by atoms with Gasteiger partial charge in [-0.1, -0.05) is 290 Å². The van der Waals surface area contributed by atoms with Crippen LogP contribution >= 0.6 is 46.4 Å². The van der Waals surface area contributed by atoms with E-state index in [2.05, 4.69) is 15.0 Å². The topological polar surface area (TPSA) is 244 Å². The molecule has 2 amide bonds. The van der Waals surface area contributed by atoms with E-state index in [1.165, 1.54) is 40.3 Å². The molecular formula is C81H63N7O11S4. The minimum absolute atomic E-state index is 0.0161. The predicted molar refractivity (Wildman–Crippen MR) is 398 cm³/mol. The number of oxime groups is 1. The molecule has 14 rings (SSSR count). The highest BCUT2D eigenvalue weighted by atomic mass is 32.2. The highest BCUT2D eigenvalue weighted by Crippen LogP contribution is 2.46. The van der Waals surface area contributed by atoms with Crippen LogP contribution in [0.1, 0.15) is 96.4 Å². The van der Waals surface area contributed by atoms with E-state index >= 15 is 14.4 Å². The Morgan fingerprint density at radius 2 is 1.11 bits per heavy atom. The molecule has 18 nitrogen and oxygen atoms in total. The minimum atomic E-state index is -1.61. The first kappa shape index (κ1) is 68.5. The Morgan fingerprint density at radius 1 is 0.641 bits per heavy atom. The van der Waals surface area contributed by atoms with Gasteiger partial charge in [-0.3, -0.25) is 28.6 Å². The lowest BCUT2D eigenvalue weighted by molar-refractivity contribution is -0.170. The first-order valence-corrected chi connectivity index (χ1v) is 36.4. The second-order valence-electron chi connectivity index (χ2n) is 23.8. The number of thiazole rings is 1. The van der Waals surface area contributed by atoms with Crippen LogP contribution in [0, 0.1) is 0 Å². The van der Waals surface area contributed by atoms with Gasteiger partial charge in [-0.05, 0) is 55.6 Å². The third-order valence-electron chi connectivity index (χ3n) is 17.4. The molecule has 3 aromatic heterocycles. The number of carbonyl (C=O) groups is 4. The molecular weight excluding hydrogens is 1380 g/mol. The Kier molecular flexibility index (Phi) is 20.9. The number of β-lactam (4-membered cyclic amide) rings is 1. The molecule has 3 atom stereocenters. The SMILES string of the molecule is O=C(N[C@@H]1C(=O)N2C(C(=O)OC(c3ccccc3)c3ccccc3)=C(CSc3s[nH]c(=O)c3C(=O)O)CS[C@H]12)C(=NOC(OC(c1ccccc1)c1ccccc1)c1cc(O)c(OC(c2ccccc2)c2ccccc2)cn1)c1csc(NC(c2ccccc2)(c2ccccc2)c2ccccc2)n1. The van der Waals surface area contributed by atoms with Gasteiger partial charge >= 0.3 is 11.9 Å². The van der Waals surface area contributed by atoms with Gasteiger partial charge in [-0.15, -0.1) is 34.9 Å². The van der Waals surface area contributed by atoms with Gasteiger partial charge < -0.3 is 39.9 Å². The highest BCUT2D eigenvalue weighted by Gasteiger charge is 2.55. The monoisotopic (exact) mass is 1440 g/mol. The molecule has 2 aliphatic heterocycles. The average Bonchev–Trinajstić information content (AvgIpc) is 1.00. The van der Waals surface area contributed by atoms with Crippen molar-refractivity contribution in [3.8, 4) is 11.5 Å². The van der Waals surface area contributed by atoms with Crippen LogP contribution in [0.5, 0.6) is 11.5 Å². The fourth-order valence-electron chi connectivity index (χ4n) is 12.4. The minimum Gasteiger partial charge on any atom is -0.504 e. The van der Waals surface area contributed by atoms with Crippen molar-refractivity contribution in [3.05, 3.63) is 379 Å². The van der Waals surface area contributed by atoms with E-state index < -0.39 is 82.1 Å². The first-order chi connectivity index (χ1) is 50.5. The number of hydrogen-bond acceptors (Lipinski definition) is 18. The van der Waals surface area contributed by atoms with Crippen LogP contribution in [-0.2, 0) is 34.2 Å². The van der Waals surface area contributed by atoms with Crippen LogP contribution in [0.25, 0.3) is 0 Å². The van der Waals surface area contributed by atoms with Gasteiger partial charge in [0.25, 0.3) is 23.7 Å². The Bertz CT molecular complexity index is 4850. The molecule has 0 bridgehead atoms. The fourth-order valence-corrected chi connectivity index (χ4v) is 16.6. The van der Waals surface area contributed by atoms with E-state index in [1.807, 2.05) is 273 Å². The molecule has 22 heteroatoms. The number of ether oxygens (including phenoxy) is 3. The van der Waals surface area contributed by atoms with Crippen molar-refractivity contribution in [2.45, 2.75) is 45.8 Å². The van der Waals surface area contributed by atoms with Crippen molar-refractivity contribution in [2.75, 3.05) is 16.8 Å². The third-order valence-corrected chi connectivity index (χ3v) is 21.7. The van der Waals surface area contributed by atoms with E-state index in [0.717, 1.165) is 62.2 Å². The number of H-pyrrole nitrogens is 1. The number of benzene rings is 9. The summed E-state index contributed by atoms with van der Waals surface area (Å²) in [6, 6.07) is 86.1. The van der Waals surface area contributed by atoms with Crippen LogP contribution in [0.2, 0.25) is 0 Å². The van der Waals surface area contributed by atoms with E-state index in [0.29, 0.717) is 21.8 Å². The summed E-state index contributed by atoms with van der Waals surface area (Å²) in [6.07, 6.45) is -2.69. The number of aromatic hydroxyl groups is 1. The summed E-state index contributed by atoms with van der Waals surface area (Å²) in [6.45, 7) is 0. The number of thioether (sulfide) groups is 2. The zero-order valence-corrected chi connectivity index (χ0v) is 57.8. The van der Waals surface area contributed by atoms with Gasteiger partial charge in [-0.2, -0.15) is 0 Å². The zero-order valence-electron chi connectivity index (χ0n) is 54.6. The van der Waals surface area contributed by atoms with Crippen molar-refractivity contribution >= 4 is 81.0 Å². The summed E-state index contributed by atoms with van der Waals surface area (Å²) in [5.41, 5.74) is 4.73. The lowest BCUT2D eigenvalue weighted by Crippen LogP contribution is -2.71. The summed E-state index contributed by atoms with van der Waals surface area (Å²) >= 11 is 4.34. The smallest absolute Gasteiger partial charge is 0.356 e. The number of hydrogen-bond donors (Lipinski definition) is 5. The number of aromatic nitrogens is 3. The summed E-state index contributed by atoms with van der Waals surface area (Å²) in [4.78, 5) is 89.1. The number of carboxylic acid groups (broad SMARTS) is 1. The number of rotatable bonds is 27. The molecule has 0 saturated carbocycles.